The molecule has 0 saturated heterocycles. The lowest BCUT2D eigenvalue weighted by Crippen LogP contribution is -2.28. The highest BCUT2D eigenvalue weighted by Crippen LogP contribution is 2.25. The summed E-state index contributed by atoms with van der Waals surface area (Å²) in [5, 5.41) is 9.55. The van der Waals surface area contributed by atoms with Crippen molar-refractivity contribution in [3.05, 3.63) is 68.2 Å². The van der Waals surface area contributed by atoms with Crippen molar-refractivity contribution in [3.8, 4) is 16.9 Å². The Labute approximate surface area is 197 Å². The molecule has 0 fully saturated rings. The molecule has 0 spiro atoms. The first-order chi connectivity index (χ1) is 15.8. The molecule has 4 rings (SSSR count). The van der Waals surface area contributed by atoms with Crippen LogP contribution in [0.1, 0.15) is 48.0 Å². The van der Waals surface area contributed by atoms with Gasteiger partial charge in [-0.25, -0.2) is 9.67 Å². The molecular formula is C25H29N5O2S. The van der Waals surface area contributed by atoms with E-state index in [1.165, 1.54) is 16.9 Å². The third kappa shape index (κ3) is 4.35. The molecule has 172 valence electrons. The maximum Gasteiger partial charge on any atom is 0.268 e. The largest absolute Gasteiger partial charge is 0.356 e. The lowest BCUT2D eigenvalue weighted by molar-refractivity contribution is -0.120. The van der Waals surface area contributed by atoms with E-state index in [2.05, 4.69) is 37.1 Å². The fourth-order valence-corrected chi connectivity index (χ4v) is 4.89. The van der Waals surface area contributed by atoms with Crippen LogP contribution in [0.4, 0.5) is 0 Å². The summed E-state index contributed by atoms with van der Waals surface area (Å²) in [7, 11) is 0. The zero-order valence-corrected chi connectivity index (χ0v) is 20.5. The number of carbonyl (C=O) groups is 1. The van der Waals surface area contributed by atoms with Gasteiger partial charge >= 0.3 is 0 Å². The maximum absolute atomic E-state index is 13.6. The zero-order chi connectivity index (χ0) is 23.7. The molecule has 7 nitrogen and oxygen atoms in total. The van der Waals surface area contributed by atoms with E-state index in [4.69, 9.17) is 5.10 Å². The average molecular weight is 464 g/mol. The molecule has 0 radical (unpaired) electrons. The first-order valence-corrected chi connectivity index (χ1v) is 12.1. The number of hydrogen-bond donors (Lipinski definition) is 1. The molecule has 8 heteroatoms. The Kier molecular flexibility index (Phi) is 6.47. The predicted octanol–water partition coefficient (Wildman–Crippen LogP) is 4.30. The number of amides is 1. The zero-order valence-electron chi connectivity index (χ0n) is 19.7. The number of hydrogen-bond acceptors (Lipinski definition) is 5. The number of nitrogens with zero attached hydrogens (tertiary/aromatic N) is 4. The Balaban J connectivity index is 1.77. The van der Waals surface area contributed by atoms with E-state index in [1.807, 2.05) is 42.1 Å². The molecule has 1 aromatic carbocycles. The fourth-order valence-electron chi connectivity index (χ4n) is 3.96. The van der Waals surface area contributed by atoms with E-state index in [0.29, 0.717) is 34.2 Å². The number of benzene rings is 1. The topological polar surface area (TPSA) is 81.3 Å². The Bertz CT molecular complexity index is 1400. The summed E-state index contributed by atoms with van der Waals surface area (Å²) in [5.74, 6) is -0.0905. The summed E-state index contributed by atoms with van der Waals surface area (Å²) < 4.78 is 3.43. The van der Waals surface area contributed by atoms with Crippen LogP contribution in [0.5, 0.6) is 0 Å². The summed E-state index contributed by atoms with van der Waals surface area (Å²) >= 11 is 1.37. The summed E-state index contributed by atoms with van der Waals surface area (Å²) in [5.41, 5.74) is 6.39. The van der Waals surface area contributed by atoms with Crippen molar-refractivity contribution in [1.82, 2.24) is 24.5 Å². The van der Waals surface area contributed by atoms with Crippen molar-refractivity contribution in [2.75, 3.05) is 6.54 Å². The SMILES string of the molecule is CCCCNC(=O)Cc1csc2nc(C)c(-c3cc(C)n(-c4cccc(C)c4C)n3)c(=O)n12. The number of carbonyl (C=O) groups excluding carboxylic acids is 1. The van der Waals surface area contributed by atoms with Crippen molar-refractivity contribution >= 4 is 22.2 Å². The van der Waals surface area contributed by atoms with Crippen LogP contribution in [-0.2, 0) is 11.2 Å². The number of fused-ring (bicyclic) bond motifs is 1. The van der Waals surface area contributed by atoms with Gasteiger partial charge in [0, 0.05) is 23.3 Å². The van der Waals surface area contributed by atoms with Crippen LogP contribution in [0, 0.1) is 27.7 Å². The molecule has 1 amide bonds. The monoisotopic (exact) mass is 463 g/mol. The second-order valence-corrected chi connectivity index (χ2v) is 9.24. The van der Waals surface area contributed by atoms with Crippen molar-refractivity contribution in [3.63, 3.8) is 0 Å². The van der Waals surface area contributed by atoms with Crippen LogP contribution in [0.2, 0.25) is 0 Å². The minimum Gasteiger partial charge on any atom is -0.356 e. The Morgan fingerprint density at radius 3 is 2.73 bits per heavy atom. The molecule has 1 N–H and O–H groups in total. The van der Waals surface area contributed by atoms with Gasteiger partial charge in [-0.15, -0.1) is 11.3 Å². The van der Waals surface area contributed by atoms with Gasteiger partial charge in [0.15, 0.2) is 4.96 Å². The predicted molar refractivity (Wildman–Crippen MR) is 132 cm³/mol. The van der Waals surface area contributed by atoms with E-state index in [-0.39, 0.29) is 17.9 Å². The smallest absolute Gasteiger partial charge is 0.268 e. The van der Waals surface area contributed by atoms with Gasteiger partial charge in [0.25, 0.3) is 5.56 Å². The maximum atomic E-state index is 13.6. The average Bonchev–Trinajstić information content (AvgIpc) is 3.33. The number of aromatic nitrogens is 4. The van der Waals surface area contributed by atoms with Gasteiger partial charge in [0.2, 0.25) is 5.91 Å². The highest BCUT2D eigenvalue weighted by Gasteiger charge is 2.20. The Morgan fingerprint density at radius 2 is 1.97 bits per heavy atom. The molecule has 3 heterocycles. The van der Waals surface area contributed by atoms with Crippen LogP contribution in [0.15, 0.2) is 34.4 Å². The van der Waals surface area contributed by atoms with Crippen molar-refractivity contribution in [2.24, 2.45) is 0 Å². The number of nitrogens with one attached hydrogen (secondary N) is 1. The third-order valence-corrected chi connectivity index (χ3v) is 6.84. The fraction of sp³-hybridized carbons (Fsp3) is 0.360. The molecule has 0 saturated carbocycles. The molecule has 0 aliphatic rings. The second-order valence-electron chi connectivity index (χ2n) is 8.40. The van der Waals surface area contributed by atoms with Crippen LogP contribution < -0.4 is 10.9 Å². The normalized spacial score (nSPS) is 11.3. The number of rotatable bonds is 7. The molecule has 33 heavy (non-hydrogen) atoms. The second kappa shape index (κ2) is 9.31. The van der Waals surface area contributed by atoms with Gasteiger partial charge < -0.3 is 5.32 Å². The minimum absolute atomic E-state index is 0.0905. The van der Waals surface area contributed by atoms with Gasteiger partial charge in [-0.1, -0.05) is 25.5 Å². The molecule has 0 atom stereocenters. The molecule has 0 aliphatic carbocycles. The summed E-state index contributed by atoms with van der Waals surface area (Å²) in [6, 6.07) is 8.03. The lowest BCUT2D eigenvalue weighted by atomic mass is 10.1. The molecule has 0 aliphatic heterocycles. The van der Waals surface area contributed by atoms with Gasteiger partial charge in [-0.05, 0) is 57.4 Å². The van der Waals surface area contributed by atoms with Crippen molar-refractivity contribution in [2.45, 2.75) is 53.9 Å². The first kappa shape index (κ1) is 22.9. The number of unbranched alkanes of at least 4 members (excludes halogenated alkanes) is 1. The van der Waals surface area contributed by atoms with Crippen LogP contribution in [0.3, 0.4) is 0 Å². The highest BCUT2D eigenvalue weighted by molar-refractivity contribution is 7.15. The standard InChI is InChI=1S/C25H29N5O2S/c1-6-7-11-26-22(31)13-19-14-33-25-27-18(5)23(24(32)29(19)25)20-12-16(3)30(28-20)21-10-8-9-15(2)17(21)4/h8-10,12,14H,6-7,11,13H2,1-5H3,(H,26,31). The van der Waals surface area contributed by atoms with Crippen LogP contribution in [0.25, 0.3) is 21.9 Å². The summed E-state index contributed by atoms with van der Waals surface area (Å²) in [6.45, 7) is 10.7. The molecule has 0 bridgehead atoms. The molecule has 0 unspecified atom stereocenters. The van der Waals surface area contributed by atoms with Gasteiger partial charge in [0.1, 0.15) is 5.69 Å². The van der Waals surface area contributed by atoms with E-state index < -0.39 is 0 Å². The molecule has 3 aromatic heterocycles. The lowest BCUT2D eigenvalue weighted by Gasteiger charge is -2.10. The van der Waals surface area contributed by atoms with Crippen LogP contribution in [-0.4, -0.2) is 31.6 Å². The first-order valence-electron chi connectivity index (χ1n) is 11.2. The van der Waals surface area contributed by atoms with E-state index in [0.717, 1.165) is 29.8 Å². The summed E-state index contributed by atoms with van der Waals surface area (Å²) in [6.07, 6.45) is 2.09. The Morgan fingerprint density at radius 1 is 1.18 bits per heavy atom. The van der Waals surface area contributed by atoms with Gasteiger partial charge in [-0.2, -0.15) is 5.10 Å². The molecular weight excluding hydrogens is 434 g/mol. The number of thiazole rings is 1. The third-order valence-electron chi connectivity index (χ3n) is 5.96. The quantitative estimate of drug-likeness (QED) is 0.414. The van der Waals surface area contributed by atoms with E-state index >= 15 is 0 Å². The van der Waals surface area contributed by atoms with E-state index in [9.17, 15) is 9.59 Å². The van der Waals surface area contributed by atoms with Gasteiger partial charge in [-0.3, -0.25) is 14.0 Å². The van der Waals surface area contributed by atoms with E-state index in [1.54, 1.807) is 4.40 Å². The number of aryl methyl sites for hydroxylation is 3. The molecule has 4 aromatic rings. The summed E-state index contributed by atoms with van der Waals surface area (Å²) in [4.78, 5) is 31.2. The van der Waals surface area contributed by atoms with Gasteiger partial charge in [0.05, 0.1) is 23.4 Å². The minimum atomic E-state index is -0.194. The van der Waals surface area contributed by atoms with Crippen molar-refractivity contribution in [1.29, 1.82) is 0 Å². The highest BCUT2D eigenvalue weighted by atomic mass is 32.1. The Hall–Kier alpha value is -3.26. The van der Waals surface area contributed by atoms with Crippen LogP contribution >= 0.6 is 11.3 Å². The van der Waals surface area contributed by atoms with Crippen molar-refractivity contribution < 1.29 is 4.79 Å².